The molecule has 0 N–H and O–H groups in total. The van der Waals surface area contributed by atoms with Crippen molar-refractivity contribution in [1.29, 1.82) is 0 Å². The van der Waals surface area contributed by atoms with Crippen molar-refractivity contribution < 1.29 is 18.4 Å². The maximum absolute atomic E-state index is 13.6. The van der Waals surface area contributed by atoms with Crippen molar-refractivity contribution in [2.24, 2.45) is 0 Å². The molecule has 0 saturated heterocycles. The van der Waals surface area contributed by atoms with Gasteiger partial charge in [0, 0.05) is 13.1 Å². The van der Waals surface area contributed by atoms with Crippen LogP contribution in [0.25, 0.3) is 11.0 Å². The minimum absolute atomic E-state index is 0.00180. The van der Waals surface area contributed by atoms with E-state index in [1.165, 1.54) is 34.6 Å². The largest absolute Gasteiger partial charge is 0.464 e. The van der Waals surface area contributed by atoms with E-state index in [0.717, 1.165) is 12.8 Å². The lowest BCUT2D eigenvalue weighted by Crippen LogP contribution is -2.43. The van der Waals surface area contributed by atoms with Crippen molar-refractivity contribution in [1.82, 2.24) is 9.80 Å². The smallest absolute Gasteiger partial charge is 0.264 e. The third-order valence-corrected chi connectivity index (χ3v) is 6.74. The minimum Gasteiger partial charge on any atom is -0.464 e. The molecule has 2 aromatic heterocycles. The summed E-state index contributed by atoms with van der Waals surface area (Å²) in [6.07, 6.45) is 3.01. The second-order valence-electron chi connectivity index (χ2n) is 8.52. The number of rotatable bonds is 10. The summed E-state index contributed by atoms with van der Waals surface area (Å²) < 4.78 is 19.1. The van der Waals surface area contributed by atoms with Gasteiger partial charge in [-0.25, -0.2) is 4.39 Å². The lowest BCUT2D eigenvalue weighted by molar-refractivity contribution is -0.133. The molecule has 0 atom stereocenters. The summed E-state index contributed by atoms with van der Waals surface area (Å²) in [6.45, 7) is 2.49. The zero-order chi connectivity index (χ0) is 25.5. The summed E-state index contributed by atoms with van der Waals surface area (Å²) in [7, 11) is 0. The fraction of sp³-hybridized carbons (Fsp3) is 0.250. The van der Waals surface area contributed by atoms with Crippen LogP contribution in [0.2, 0.25) is 0 Å². The predicted molar refractivity (Wildman–Crippen MR) is 138 cm³/mol. The van der Waals surface area contributed by atoms with Gasteiger partial charge in [0.15, 0.2) is 5.43 Å². The molecule has 0 fully saturated rings. The number of unbranched alkanes of at least 4 members (excludes halogenated alkanes) is 1. The summed E-state index contributed by atoms with van der Waals surface area (Å²) >= 11 is 1.33. The van der Waals surface area contributed by atoms with Crippen LogP contribution in [0, 0.1) is 5.82 Å². The topological polar surface area (TPSA) is 70.8 Å². The Labute approximate surface area is 212 Å². The molecular formula is C28H27FN2O4S. The fourth-order valence-electron chi connectivity index (χ4n) is 3.90. The zero-order valence-electron chi connectivity index (χ0n) is 20.0. The Kier molecular flexibility index (Phi) is 8.28. The molecule has 2 heterocycles. The van der Waals surface area contributed by atoms with E-state index in [0.29, 0.717) is 33.5 Å². The Hall–Kier alpha value is -3.78. The van der Waals surface area contributed by atoms with Gasteiger partial charge in [0.2, 0.25) is 5.91 Å². The monoisotopic (exact) mass is 506 g/mol. The molecule has 0 saturated carbocycles. The van der Waals surface area contributed by atoms with Crippen LogP contribution in [0.1, 0.15) is 40.6 Å². The van der Waals surface area contributed by atoms with Crippen molar-refractivity contribution in [2.75, 3.05) is 13.1 Å². The highest BCUT2D eigenvalue weighted by Gasteiger charge is 2.24. The molecule has 2 aromatic carbocycles. The highest BCUT2D eigenvalue weighted by atomic mass is 32.1. The lowest BCUT2D eigenvalue weighted by atomic mass is 10.1. The van der Waals surface area contributed by atoms with E-state index in [2.05, 4.69) is 0 Å². The number of nitrogens with zero attached hydrogens (tertiary/aromatic N) is 2. The fourth-order valence-corrected chi connectivity index (χ4v) is 4.59. The highest BCUT2D eigenvalue weighted by molar-refractivity contribution is 7.12. The van der Waals surface area contributed by atoms with E-state index in [1.807, 2.05) is 12.3 Å². The van der Waals surface area contributed by atoms with Gasteiger partial charge in [0.1, 0.15) is 17.9 Å². The molecule has 4 rings (SSSR count). The molecule has 0 aliphatic carbocycles. The van der Waals surface area contributed by atoms with Crippen molar-refractivity contribution in [3.63, 3.8) is 0 Å². The molecular weight excluding hydrogens is 479 g/mol. The minimum atomic E-state index is -0.376. The molecule has 4 aromatic rings. The summed E-state index contributed by atoms with van der Waals surface area (Å²) in [6, 6.07) is 16.3. The standard InChI is InChI=1S/C28H27FN2O4S/c1-2-3-14-30(28(34)25-9-6-15-36-25)18-26(32)31(16-20-10-12-22(29)13-11-20)17-21-19-35-24-8-5-4-7-23(24)27(21)33/h4-13,15,19H,2-3,14,16-18H2,1H3. The maximum Gasteiger partial charge on any atom is 0.264 e. The predicted octanol–water partition coefficient (Wildman–Crippen LogP) is 5.46. The summed E-state index contributed by atoms with van der Waals surface area (Å²) in [5, 5.41) is 2.26. The van der Waals surface area contributed by atoms with Gasteiger partial charge in [-0.15, -0.1) is 11.3 Å². The second-order valence-corrected chi connectivity index (χ2v) is 9.47. The Morgan fingerprint density at radius 2 is 1.75 bits per heavy atom. The van der Waals surface area contributed by atoms with Gasteiger partial charge in [-0.1, -0.05) is 43.7 Å². The molecule has 2 amide bonds. The van der Waals surface area contributed by atoms with Crippen molar-refractivity contribution >= 4 is 34.1 Å². The number of benzene rings is 2. The van der Waals surface area contributed by atoms with Crippen LogP contribution in [0.3, 0.4) is 0 Å². The van der Waals surface area contributed by atoms with Crippen molar-refractivity contribution in [3.8, 4) is 0 Å². The molecule has 0 aliphatic heterocycles. The average molecular weight is 507 g/mol. The average Bonchev–Trinajstić information content (AvgIpc) is 3.43. The Bertz CT molecular complexity index is 1380. The number of carbonyl (C=O) groups excluding carboxylic acids is 2. The number of fused-ring (bicyclic) bond motifs is 1. The quantitative estimate of drug-likeness (QED) is 0.286. The maximum atomic E-state index is 13.6. The molecule has 186 valence electrons. The van der Waals surface area contributed by atoms with E-state index >= 15 is 0 Å². The zero-order valence-corrected chi connectivity index (χ0v) is 20.8. The number of hydrogen-bond acceptors (Lipinski definition) is 5. The Balaban J connectivity index is 1.62. The van der Waals surface area contributed by atoms with Crippen LogP contribution in [0.15, 0.2) is 81.5 Å². The molecule has 0 spiro atoms. The van der Waals surface area contributed by atoms with E-state index in [-0.39, 0.29) is 42.7 Å². The highest BCUT2D eigenvalue weighted by Crippen LogP contribution is 2.17. The number of carbonyl (C=O) groups is 2. The van der Waals surface area contributed by atoms with Crippen molar-refractivity contribution in [2.45, 2.75) is 32.9 Å². The molecule has 0 aliphatic rings. The van der Waals surface area contributed by atoms with E-state index in [4.69, 9.17) is 4.42 Å². The Morgan fingerprint density at radius 1 is 0.972 bits per heavy atom. The number of halogens is 1. The molecule has 36 heavy (non-hydrogen) atoms. The number of hydrogen-bond donors (Lipinski definition) is 0. The van der Waals surface area contributed by atoms with Gasteiger partial charge in [-0.05, 0) is 47.7 Å². The van der Waals surface area contributed by atoms with Gasteiger partial charge < -0.3 is 14.2 Å². The number of thiophene rings is 1. The Morgan fingerprint density at radius 3 is 2.47 bits per heavy atom. The van der Waals surface area contributed by atoms with E-state index in [9.17, 15) is 18.8 Å². The first-order chi connectivity index (χ1) is 17.5. The van der Waals surface area contributed by atoms with Crippen LogP contribution in [0.4, 0.5) is 4.39 Å². The third-order valence-electron chi connectivity index (χ3n) is 5.88. The molecule has 6 nitrogen and oxygen atoms in total. The molecule has 0 radical (unpaired) electrons. The first-order valence-corrected chi connectivity index (χ1v) is 12.7. The molecule has 8 heteroatoms. The molecule has 0 bridgehead atoms. The summed E-state index contributed by atoms with van der Waals surface area (Å²) in [5.41, 5.74) is 1.29. The first-order valence-electron chi connectivity index (χ1n) is 11.8. The number of amides is 2. The third kappa shape index (κ3) is 6.07. The van der Waals surface area contributed by atoms with Gasteiger partial charge in [0.25, 0.3) is 5.91 Å². The van der Waals surface area contributed by atoms with Crippen LogP contribution in [-0.2, 0) is 17.9 Å². The summed E-state index contributed by atoms with van der Waals surface area (Å²) in [5.74, 6) is -0.884. The normalized spacial score (nSPS) is 10.9. The van der Waals surface area contributed by atoms with E-state index in [1.54, 1.807) is 53.4 Å². The van der Waals surface area contributed by atoms with Gasteiger partial charge in [-0.3, -0.25) is 14.4 Å². The van der Waals surface area contributed by atoms with Gasteiger partial charge in [-0.2, -0.15) is 0 Å². The van der Waals surface area contributed by atoms with Crippen LogP contribution in [0.5, 0.6) is 0 Å². The van der Waals surface area contributed by atoms with Crippen LogP contribution < -0.4 is 5.43 Å². The first kappa shape index (κ1) is 25.3. The SMILES string of the molecule is CCCCN(CC(=O)N(Cc1ccc(F)cc1)Cc1coc2ccccc2c1=O)C(=O)c1cccs1. The second kappa shape index (κ2) is 11.8. The van der Waals surface area contributed by atoms with E-state index < -0.39 is 0 Å². The van der Waals surface area contributed by atoms with Crippen LogP contribution >= 0.6 is 11.3 Å². The lowest BCUT2D eigenvalue weighted by Gasteiger charge is -2.27. The van der Waals surface area contributed by atoms with Crippen LogP contribution in [-0.4, -0.2) is 34.7 Å². The molecule has 0 unspecified atom stereocenters. The summed E-state index contributed by atoms with van der Waals surface area (Å²) in [4.78, 5) is 43.4. The van der Waals surface area contributed by atoms with Crippen molar-refractivity contribution in [3.05, 3.63) is 104 Å². The van der Waals surface area contributed by atoms with Gasteiger partial charge in [0.05, 0.1) is 28.6 Å². The van der Waals surface area contributed by atoms with Gasteiger partial charge >= 0.3 is 0 Å². The number of para-hydroxylation sites is 1.